The highest BCUT2D eigenvalue weighted by atomic mass is 35.6. The molecule has 6 heteroatoms. The Morgan fingerprint density at radius 1 is 0.533 bits per heavy atom. The molecule has 0 saturated carbocycles. The standard InChI is InChI=1S/C24H22N4.Al.ClH/c1-13-17-5-7-19(25-17)14(2)21-9-11-23(27-21)16(4)24-12-10-22(28-24)15(3)20-8-6-18(13)26-20;;/h5-12,25,28H,1-4H3;;1H/q;+1;/p-1. The fraction of sp³-hybridized carbons (Fsp3) is 0.167. The number of aromatic amines is 2. The van der Waals surface area contributed by atoms with Gasteiger partial charge in [0.25, 0.3) is 15.4 Å². The Bertz CT molecular complexity index is 1160. The maximum absolute atomic E-state index is 4.88. The van der Waals surface area contributed by atoms with Gasteiger partial charge in [-0.05, 0) is 98.5 Å². The largest absolute Gasteiger partial charge is 0.355 e. The monoisotopic (exact) mass is 428 g/mol. The van der Waals surface area contributed by atoms with Crippen molar-refractivity contribution in [1.82, 2.24) is 19.9 Å². The zero-order chi connectivity index (χ0) is 21.4. The number of hydrogen-bond donors (Lipinski definition) is 2. The van der Waals surface area contributed by atoms with Gasteiger partial charge in [-0.2, -0.15) is 0 Å². The van der Waals surface area contributed by atoms with Gasteiger partial charge in [-0.15, -0.1) is 0 Å². The van der Waals surface area contributed by atoms with Gasteiger partial charge in [0.2, 0.25) is 0 Å². The van der Waals surface area contributed by atoms with Crippen LogP contribution in [0.4, 0.5) is 0 Å². The summed E-state index contributed by atoms with van der Waals surface area (Å²) in [5.41, 5.74) is 12.9. The fourth-order valence-electron chi connectivity index (χ4n) is 3.78. The van der Waals surface area contributed by atoms with Gasteiger partial charge >= 0.3 is 0 Å². The molecule has 5 rings (SSSR count). The lowest BCUT2D eigenvalue weighted by molar-refractivity contribution is 1.23. The Morgan fingerprint density at radius 2 is 0.767 bits per heavy atom. The highest BCUT2D eigenvalue weighted by Gasteiger charge is 2.10. The van der Waals surface area contributed by atoms with Crippen molar-refractivity contribution in [2.45, 2.75) is 27.7 Å². The van der Waals surface area contributed by atoms with Gasteiger partial charge in [-0.1, -0.05) is 0 Å². The molecule has 3 aromatic heterocycles. The van der Waals surface area contributed by atoms with Crippen LogP contribution in [0.2, 0.25) is 0 Å². The minimum absolute atomic E-state index is 0.996. The Kier molecular flexibility index (Phi) is 5.71. The molecule has 3 aromatic rings. The van der Waals surface area contributed by atoms with E-state index in [1.54, 1.807) is 0 Å². The summed E-state index contributed by atoms with van der Waals surface area (Å²) in [6, 6.07) is 8.48. The number of H-pyrrole nitrogens is 2. The minimum Gasteiger partial charge on any atom is -0.355 e. The first-order valence-electron chi connectivity index (χ1n) is 9.76. The fourth-order valence-corrected chi connectivity index (χ4v) is 3.78. The van der Waals surface area contributed by atoms with E-state index < -0.39 is 0 Å². The van der Waals surface area contributed by atoms with Crippen molar-refractivity contribution >= 4 is 71.8 Å². The summed E-state index contributed by atoms with van der Waals surface area (Å²) in [5.74, 6) is 0. The first kappa shape index (κ1) is 20.7. The number of nitrogens with one attached hydrogen (secondary N) is 2. The zero-order valence-corrected chi connectivity index (χ0v) is 19.4. The molecule has 2 aliphatic rings. The highest BCUT2D eigenvalue weighted by molar-refractivity contribution is 6.80. The lowest BCUT2D eigenvalue weighted by atomic mass is 10.2. The van der Waals surface area contributed by atoms with Gasteiger partial charge < -0.3 is 9.97 Å². The molecule has 4 nitrogen and oxygen atoms in total. The Morgan fingerprint density at radius 3 is 1.00 bits per heavy atom. The molecule has 0 saturated heterocycles. The molecular formula is C24H22AlClN4. The van der Waals surface area contributed by atoms with Crippen LogP contribution >= 0.6 is 10.0 Å². The van der Waals surface area contributed by atoms with E-state index in [-0.39, 0.29) is 0 Å². The second-order valence-corrected chi connectivity index (χ2v) is 7.50. The molecule has 2 radical (unpaired) electrons. The van der Waals surface area contributed by atoms with E-state index in [4.69, 9.17) is 9.97 Å². The minimum atomic E-state index is 0.996. The van der Waals surface area contributed by atoms with Crippen LogP contribution in [0.3, 0.4) is 0 Å². The second-order valence-electron chi connectivity index (χ2n) is 7.50. The normalized spacial score (nSPS) is 12.0. The summed E-state index contributed by atoms with van der Waals surface area (Å²) < 4.78 is 0. The molecule has 148 valence electrons. The van der Waals surface area contributed by atoms with Crippen LogP contribution in [0.5, 0.6) is 0 Å². The third-order valence-electron chi connectivity index (χ3n) is 5.80. The number of nitrogens with zero attached hydrogens (tertiary/aromatic N) is 2. The van der Waals surface area contributed by atoms with Crippen LogP contribution in [0.15, 0.2) is 24.3 Å². The van der Waals surface area contributed by atoms with Crippen molar-refractivity contribution in [2.24, 2.45) is 0 Å². The van der Waals surface area contributed by atoms with Crippen molar-refractivity contribution in [3.05, 3.63) is 69.3 Å². The van der Waals surface area contributed by atoms with Crippen molar-refractivity contribution < 1.29 is 0 Å². The molecule has 30 heavy (non-hydrogen) atoms. The molecule has 0 aromatic carbocycles. The van der Waals surface area contributed by atoms with E-state index in [0.29, 0.717) is 0 Å². The van der Waals surface area contributed by atoms with Crippen molar-refractivity contribution in [3.63, 3.8) is 0 Å². The SMILES string of the molecule is Cc1c2nc(c(C)c3ccc([nH]3)c(C)c3nc(c(C)c4ccc1[nH]4)C=C3)C=C2.[Al][Cl]. The second kappa shape index (κ2) is 8.28. The first-order valence-corrected chi connectivity index (χ1v) is 11.5. The van der Waals surface area contributed by atoms with E-state index in [1.807, 2.05) is 15.4 Å². The average Bonchev–Trinajstić information content (AvgIpc) is 3.58. The van der Waals surface area contributed by atoms with Gasteiger partial charge in [-0.3, -0.25) is 10.0 Å². The number of rotatable bonds is 0. The number of hydrogen-bond acceptors (Lipinski definition) is 2. The smallest absolute Gasteiger partial charge is 0.293 e. The summed E-state index contributed by atoms with van der Waals surface area (Å²) in [7, 11) is 4.56. The van der Waals surface area contributed by atoms with Crippen LogP contribution in [-0.2, 0) is 0 Å². The lowest BCUT2D eigenvalue weighted by Gasteiger charge is -1.97. The predicted octanol–water partition coefficient (Wildman–Crippen LogP) is 6.20. The van der Waals surface area contributed by atoms with Crippen molar-refractivity contribution in [2.75, 3.05) is 0 Å². The van der Waals surface area contributed by atoms with Crippen LogP contribution in [0.1, 0.15) is 45.0 Å². The molecule has 5 heterocycles. The van der Waals surface area contributed by atoms with E-state index in [9.17, 15) is 0 Å². The number of halogens is 1. The molecule has 2 N–H and O–H groups in total. The van der Waals surface area contributed by atoms with E-state index in [2.05, 4.69) is 96.3 Å². The maximum atomic E-state index is 4.88. The average molecular weight is 429 g/mol. The first-order chi connectivity index (χ1) is 14.5. The quantitative estimate of drug-likeness (QED) is 0.288. The third-order valence-corrected chi connectivity index (χ3v) is 5.80. The molecule has 0 aliphatic carbocycles. The van der Waals surface area contributed by atoms with Gasteiger partial charge in [0.05, 0.1) is 22.8 Å². The summed E-state index contributed by atoms with van der Waals surface area (Å²) in [4.78, 5) is 16.8. The summed E-state index contributed by atoms with van der Waals surface area (Å²) in [5, 5.41) is 0. The third kappa shape index (κ3) is 3.54. The molecule has 0 spiro atoms. The number of fused-ring (bicyclic) bond motifs is 8. The van der Waals surface area contributed by atoms with E-state index >= 15 is 0 Å². The Balaban J connectivity index is 0.00000106. The molecule has 0 fully saturated rings. The van der Waals surface area contributed by atoms with Gasteiger partial charge in [0.1, 0.15) is 0 Å². The Hall–Kier alpha value is -2.58. The summed E-state index contributed by atoms with van der Waals surface area (Å²) in [6.07, 6.45) is 8.37. The molecule has 0 atom stereocenters. The molecule has 0 unspecified atom stereocenters. The Labute approximate surface area is 188 Å². The van der Waals surface area contributed by atoms with Crippen LogP contribution < -0.4 is 0 Å². The molecule has 8 bridgehead atoms. The molecular weight excluding hydrogens is 407 g/mol. The molecule has 2 aliphatic heterocycles. The summed E-state index contributed by atoms with van der Waals surface area (Å²) in [6.45, 7) is 8.44. The highest BCUT2D eigenvalue weighted by Crippen LogP contribution is 2.25. The maximum Gasteiger partial charge on any atom is 0.293 e. The van der Waals surface area contributed by atoms with Crippen molar-refractivity contribution in [3.8, 4) is 0 Å². The van der Waals surface area contributed by atoms with Crippen LogP contribution in [0.25, 0.3) is 46.4 Å². The van der Waals surface area contributed by atoms with Crippen LogP contribution in [0, 0.1) is 27.7 Å². The lowest BCUT2D eigenvalue weighted by Crippen LogP contribution is -1.86. The van der Waals surface area contributed by atoms with Crippen LogP contribution in [-0.4, -0.2) is 35.3 Å². The topological polar surface area (TPSA) is 57.4 Å². The van der Waals surface area contributed by atoms with Gasteiger partial charge in [-0.25, -0.2) is 9.97 Å². The van der Waals surface area contributed by atoms with Gasteiger partial charge in [0, 0.05) is 22.1 Å². The predicted molar refractivity (Wildman–Crippen MR) is 129 cm³/mol. The number of aromatic nitrogens is 4. The van der Waals surface area contributed by atoms with E-state index in [0.717, 1.165) is 67.1 Å². The zero-order valence-electron chi connectivity index (χ0n) is 17.5. The number of aryl methyl sites for hydroxylation is 4. The molecule has 0 amide bonds. The summed E-state index contributed by atoms with van der Waals surface area (Å²) >= 11 is 1.89. The van der Waals surface area contributed by atoms with Crippen molar-refractivity contribution in [1.29, 1.82) is 0 Å². The van der Waals surface area contributed by atoms with E-state index in [1.165, 1.54) is 0 Å². The van der Waals surface area contributed by atoms with Gasteiger partial charge in [0.15, 0.2) is 0 Å².